The zero-order valence-electron chi connectivity index (χ0n) is 18.6. The second-order valence-electron chi connectivity index (χ2n) is 8.88. The van der Waals surface area contributed by atoms with Gasteiger partial charge in [0, 0.05) is 12.6 Å². The first kappa shape index (κ1) is 22.4. The van der Waals surface area contributed by atoms with E-state index in [2.05, 4.69) is 5.32 Å². The molecule has 1 aliphatic heterocycles. The quantitative estimate of drug-likeness (QED) is 0.300. The molecule has 2 fully saturated rings. The molecule has 32 heavy (non-hydrogen) atoms. The van der Waals surface area contributed by atoms with Gasteiger partial charge in [0.1, 0.15) is 6.54 Å². The molecule has 8 nitrogen and oxygen atoms in total. The summed E-state index contributed by atoms with van der Waals surface area (Å²) in [4.78, 5) is 30.4. The minimum atomic E-state index is -0.490. The maximum Gasteiger partial charge on any atom is 0.333 e. The van der Waals surface area contributed by atoms with E-state index in [0.29, 0.717) is 23.9 Å². The predicted octanol–water partition coefficient (Wildman–Crippen LogP) is 3.53. The van der Waals surface area contributed by atoms with Crippen molar-refractivity contribution < 1.29 is 23.8 Å². The average Bonchev–Trinajstić information content (AvgIpc) is 3.28. The Labute approximate surface area is 189 Å². The zero-order chi connectivity index (χ0) is 22.2. The van der Waals surface area contributed by atoms with Crippen molar-refractivity contribution in [3.8, 4) is 11.5 Å². The fraction of sp³-hybridized carbons (Fsp3) is 0.625. The van der Waals surface area contributed by atoms with Crippen LogP contribution in [-0.2, 0) is 20.9 Å². The van der Waals surface area contributed by atoms with E-state index in [4.69, 9.17) is 19.2 Å². The van der Waals surface area contributed by atoms with Crippen molar-refractivity contribution in [3.63, 3.8) is 0 Å². The highest BCUT2D eigenvalue weighted by molar-refractivity contribution is 5.89. The summed E-state index contributed by atoms with van der Waals surface area (Å²) < 4.78 is 16.4. The molecule has 4 rings (SSSR count). The van der Waals surface area contributed by atoms with E-state index in [1.165, 1.54) is 30.6 Å². The number of nitrogens with one attached hydrogen (secondary N) is 1. The first-order chi connectivity index (χ1) is 15.7. The first-order valence-electron chi connectivity index (χ1n) is 11.8. The van der Waals surface area contributed by atoms with E-state index in [9.17, 15) is 9.59 Å². The van der Waals surface area contributed by atoms with Gasteiger partial charge in [-0.25, -0.2) is 9.79 Å². The van der Waals surface area contributed by atoms with E-state index in [0.717, 1.165) is 44.1 Å². The standard InChI is InChI=1S/C24H33N3O5/c28-16-27(14-18-11-12-21-22(13-18)31-17-30-21)15-23(29)32-24(25-19-7-3-1-4-8-19)26-20-9-5-2-6-10-20/h11-13,16,19-20H,1-10,14-15,17H2,(H,25,26). The van der Waals surface area contributed by atoms with Gasteiger partial charge in [0.05, 0.1) is 6.04 Å². The minimum absolute atomic E-state index is 0.145. The number of fused-ring (bicyclic) bond motifs is 1. The fourth-order valence-corrected chi connectivity index (χ4v) is 4.60. The number of hydrogen-bond acceptors (Lipinski definition) is 6. The number of esters is 1. The van der Waals surface area contributed by atoms with Crippen LogP contribution in [0.25, 0.3) is 0 Å². The van der Waals surface area contributed by atoms with Gasteiger partial charge in [-0.2, -0.15) is 0 Å². The molecule has 1 amide bonds. The molecule has 2 aliphatic carbocycles. The number of carbonyl (C=O) groups is 2. The van der Waals surface area contributed by atoms with Crippen LogP contribution >= 0.6 is 0 Å². The summed E-state index contributed by atoms with van der Waals surface area (Å²) in [6.07, 6.45) is 12.0. The summed E-state index contributed by atoms with van der Waals surface area (Å²) in [7, 11) is 0. The number of ether oxygens (including phenoxy) is 3. The molecule has 3 aliphatic rings. The Bertz CT molecular complexity index is 816. The van der Waals surface area contributed by atoms with Crippen molar-refractivity contribution in [2.24, 2.45) is 4.99 Å². The van der Waals surface area contributed by atoms with E-state index in [-0.39, 0.29) is 32.0 Å². The SMILES string of the molecule is O=CN(CC(=O)OC(=NC1CCCCC1)NC1CCCCC1)Cc1ccc2c(c1)OCO2. The van der Waals surface area contributed by atoms with Crippen LogP contribution in [0.4, 0.5) is 0 Å². The van der Waals surface area contributed by atoms with Gasteiger partial charge in [-0.1, -0.05) is 44.6 Å². The van der Waals surface area contributed by atoms with Crippen LogP contribution in [0.5, 0.6) is 11.5 Å². The van der Waals surface area contributed by atoms with Crippen molar-refractivity contribution in [1.29, 1.82) is 0 Å². The van der Waals surface area contributed by atoms with Gasteiger partial charge >= 0.3 is 5.97 Å². The largest absolute Gasteiger partial charge is 0.454 e. The topological polar surface area (TPSA) is 89.5 Å². The normalized spacial score (nSPS) is 19.4. The Morgan fingerprint density at radius 3 is 2.53 bits per heavy atom. The Morgan fingerprint density at radius 2 is 1.78 bits per heavy atom. The lowest BCUT2D eigenvalue weighted by Crippen LogP contribution is -2.41. The molecular weight excluding hydrogens is 410 g/mol. The van der Waals surface area contributed by atoms with Gasteiger partial charge in [0.25, 0.3) is 6.02 Å². The Morgan fingerprint density at radius 1 is 1.06 bits per heavy atom. The highest BCUT2D eigenvalue weighted by Gasteiger charge is 2.22. The first-order valence-corrected chi connectivity index (χ1v) is 11.8. The number of amides is 1. The lowest BCUT2D eigenvalue weighted by Gasteiger charge is -2.26. The Kier molecular flexibility index (Phi) is 7.85. The molecule has 8 heteroatoms. The third-order valence-corrected chi connectivity index (χ3v) is 6.32. The number of carbonyl (C=O) groups excluding carboxylic acids is 2. The number of hydrogen-bond donors (Lipinski definition) is 1. The average molecular weight is 444 g/mol. The predicted molar refractivity (Wildman–Crippen MR) is 119 cm³/mol. The molecule has 0 bridgehead atoms. The van der Waals surface area contributed by atoms with Crippen molar-refractivity contribution in [1.82, 2.24) is 10.2 Å². The van der Waals surface area contributed by atoms with Crippen LogP contribution in [-0.4, -0.2) is 48.7 Å². The van der Waals surface area contributed by atoms with Crippen LogP contribution < -0.4 is 14.8 Å². The second kappa shape index (κ2) is 11.2. The van der Waals surface area contributed by atoms with E-state index < -0.39 is 5.97 Å². The lowest BCUT2D eigenvalue weighted by atomic mass is 9.95. The number of amidine groups is 1. The Balaban J connectivity index is 1.36. The highest BCUT2D eigenvalue weighted by atomic mass is 16.7. The summed E-state index contributed by atoms with van der Waals surface area (Å²) >= 11 is 0. The molecule has 1 heterocycles. The van der Waals surface area contributed by atoms with Gasteiger partial charge in [-0.3, -0.25) is 4.79 Å². The highest BCUT2D eigenvalue weighted by Crippen LogP contribution is 2.32. The smallest absolute Gasteiger partial charge is 0.333 e. The van der Waals surface area contributed by atoms with Crippen LogP contribution in [0.3, 0.4) is 0 Å². The second-order valence-corrected chi connectivity index (χ2v) is 8.88. The van der Waals surface area contributed by atoms with Crippen molar-refractivity contribution >= 4 is 18.4 Å². The molecule has 1 aromatic carbocycles. The molecule has 1 aromatic rings. The molecule has 0 spiro atoms. The number of rotatable bonds is 7. The summed E-state index contributed by atoms with van der Waals surface area (Å²) in [5, 5.41) is 3.37. The summed E-state index contributed by atoms with van der Waals surface area (Å²) in [5.41, 5.74) is 0.852. The zero-order valence-corrected chi connectivity index (χ0v) is 18.6. The molecule has 0 saturated heterocycles. The van der Waals surface area contributed by atoms with Gasteiger partial charge < -0.3 is 24.4 Å². The van der Waals surface area contributed by atoms with E-state index >= 15 is 0 Å². The van der Waals surface area contributed by atoms with Crippen LogP contribution in [0.15, 0.2) is 23.2 Å². The summed E-state index contributed by atoms with van der Waals surface area (Å²) in [5.74, 6) is 0.841. The fourth-order valence-electron chi connectivity index (χ4n) is 4.60. The van der Waals surface area contributed by atoms with Gasteiger partial charge in [-0.15, -0.1) is 0 Å². The number of benzene rings is 1. The summed E-state index contributed by atoms with van der Waals surface area (Å²) in [6, 6.07) is 6.29. The maximum absolute atomic E-state index is 12.7. The van der Waals surface area contributed by atoms with Gasteiger partial charge in [0.15, 0.2) is 11.5 Å². The Hall–Kier alpha value is -2.77. The molecule has 0 atom stereocenters. The number of nitrogens with zero attached hydrogens (tertiary/aromatic N) is 2. The minimum Gasteiger partial charge on any atom is -0.454 e. The molecule has 0 radical (unpaired) electrons. The van der Waals surface area contributed by atoms with E-state index in [1.54, 1.807) is 0 Å². The third-order valence-electron chi connectivity index (χ3n) is 6.32. The van der Waals surface area contributed by atoms with Crippen LogP contribution in [0.1, 0.15) is 69.8 Å². The maximum atomic E-state index is 12.7. The van der Waals surface area contributed by atoms with Gasteiger partial charge in [-0.05, 0) is 43.4 Å². The van der Waals surface area contributed by atoms with Crippen molar-refractivity contribution in [2.45, 2.75) is 82.8 Å². The summed E-state index contributed by atoms with van der Waals surface area (Å²) in [6.45, 7) is 0.327. The molecular formula is C24H33N3O5. The monoisotopic (exact) mass is 443 g/mol. The number of aliphatic imine (C=N–C) groups is 1. The van der Waals surface area contributed by atoms with Gasteiger partial charge in [0.2, 0.25) is 13.2 Å². The third kappa shape index (κ3) is 6.37. The molecule has 1 N–H and O–H groups in total. The van der Waals surface area contributed by atoms with Crippen molar-refractivity contribution in [2.75, 3.05) is 13.3 Å². The van der Waals surface area contributed by atoms with Crippen LogP contribution in [0.2, 0.25) is 0 Å². The molecule has 2 saturated carbocycles. The van der Waals surface area contributed by atoms with Crippen LogP contribution in [0, 0.1) is 0 Å². The lowest BCUT2D eigenvalue weighted by molar-refractivity contribution is -0.140. The van der Waals surface area contributed by atoms with E-state index in [1.807, 2.05) is 18.2 Å². The molecule has 174 valence electrons. The molecule has 0 aromatic heterocycles. The molecule has 0 unspecified atom stereocenters. The van der Waals surface area contributed by atoms with Crippen molar-refractivity contribution in [3.05, 3.63) is 23.8 Å².